The highest BCUT2D eigenvalue weighted by atomic mass is 35.5. The van der Waals surface area contributed by atoms with E-state index in [1.54, 1.807) is 0 Å². The molecule has 0 amide bonds. The quantitative estimate of drug-likeness (QED) is 0.720. The van der Waals surface area contributed by atoms with Gasteiger partial charge in [-0.2, -0.15) is 5.26 Å². The van der Waals surface area contributed by atoms with Crippen LogP contribution in [0.3, 0.4) is 0 Å². The van der Waals surface area contributed by atoms with E-state index < -0.39 is 0 Å². The summed E-state index contributed by atoms with van der Waals surface area (Å²) in [6, 6.07) is 18.2. The zero-order chi connectivity index (χ0) is 14.8. The molecule has 0 aliphatic rings. The molecule has 1 atom stereocenters. The number of hydrogen-bond acceptors (Lipinski definition) is 2. The molecule has 0 aliphatic heterocycles. The van der Waals surface area contributed by atoms with Gasteiger partial charge in [0.15, 0.2) is 0 Å². The van der Waals surface area contributed by atoms with Gasteiger partial charge in [-0.05, 0) is 30.7 Å². The second-order valence-corrected chi connectivity index (χ2v) is 5.39. The van der Waals surface area contributed by atoms with Crippen LogP contribution < -0.4 is 0 Å². The summed E-state index contributed by atoms with van der Waals surface area (Å²) in [5, 5.41) is 9.70. The lowest BCUT2D eigenvalue weighted by molar-refractivity contribution is 0.630. The van der Waals surface area contributed by atoms with Crippen LogP contribution in [0.4, 0.5) is 0 Å². The summed E-state index contributed by atoms with van der Waals surface area (Å²) in [4.78, 5) is 4.57. The number of benzene rings is 2. The summed E-state index contributed by atoms with van der Waals surface area (Å²) in [5.41, 5.74) is 3.02. The fourth-order valence-corrected chi connectivity index (χ4v) is 2.80. The van der Waals surface area contributed by atoms with Crippen molar-refractivity contribution in [2.45, 2.75) is 19.4 Å². The molecule has 4 heteroatoms. The molecule has 3 aromatic rings. The van der Waals surface area contributed by atoms with Gasteiger partial charge in [-0.1, -0.05) is 41.9 Å². The van der Waals surface area contributed by atoms with Crippen molar-refractivity contribution >= 4 is 22.6 Å². The molecule has 104 valence electrons. The molecule has 3 rings (SSSR count). The molecule has 0 bridgehead atoms. The lowest BCUT2D eigenvalue weighted by Crippen LogP contribution is -2.10. The summed E-state index contributed by atoms with van der Waals surface area (Å²) in [7, 11) is 0. The molecule has 21 heavy (non-hydrogen) atoms. The van der Waals surface area contributed by atoms with Crippen LogP contribution in [0.1, 0.15) is 24.4 Å². The number of nitriles is 1. The van der Waals surface area contributed by atoms with Crippen molar-refractivity contribution in [3.63, 3.8) is 0 Å². The molecule has 0 fully saturated rings. The van der Waals surface area contributed by atoms with Crippen molar-refractivity contribution in [3.8, 4) is 6.07 Å². The summed E-state index contributed by atoms with van der Waals surface area (Å²) >= 11 is 6.04. The fraction of sp³-hybridized carbons (Fsp3) is 0.176. The number of imidazole rings is 1. The second-order valence-electron chi connectivity index (χ2n) is 4.95. The molecule has 0 aliphatic carbocycles. The van der Waals surface area contributed by atoms with Crippen molar-refractivity contribution < 1.29 is 0 Å². The molecule has 0 radical (unpaired) electrons. The van der Waals surface area contributed by atoms with Crippen molar-refractivity contribution in [1.29, 1.82) is 5.26 Å². The SMILES string of the molecule is CC(c1ccccc1)n1c(CC#N)nc2cc(Cl)ccc21. The summed E-state index contributed by atoms with van der Waals surface area (Å²) in [5.74, 6) is 0.770. The van der Waals surface area contributed by atoms with E-state index in [-0.39, 0.29) is 12.5 Å². The molecule has 3 nitrogen and oxygen atoms in total. The highest BCUT2D eigenvalue weighted by molar-refractivity contribution is 6.31. The Hall–Kier alpha value is -2.31. The molecule has 2 aromatic carbocycles. The largest absolute Gasteiger partial charge is 0.320 e. The second kappa shape index (κ2) is 5.59. The van der Waals surface area contributed by atoms with Crippen molar-refractivity contribution in [1.82, 2.24) is 9.55 Å². The molecular formula is C17H14ClN3. The predicted octanol–water partition coefficient (Wildman–Crippen LogP) is 4.37. The van der Waals surface area contributed by atoms with E-state index in [1.165, 1.54) is 5.56 Å². The van der Waals surface area contributed by atoms with Crippen molar-refractivity contribution in [3.05, 3.63) is 64.9 Å². The van der Waals surface area contributed by atoms with Gasteiger partial charge >= 0.3 is 0 Å². The minimum atomic E-state index is 0.112. The molecule has 1 aromatic heterocycles. The van der Waals surface area contributed by atoms with E-state index in [0.29, 0.717) is 5.02 Å². The van der Waals surface area contributed by atoms with Gasteiger partial charge in [-0.3, -0.25) is 0 Å². The molecule has 0 saturated carbocycles. The van der Waals surface area contributed by atoms with Crippen LogP contribution in [0, 0.1) is 11.3 Å². The molecular weight excluding hydrogens is 282 g/mol. The monoisotopic (exact) mass is 295 g/mol. The minimum absolute atomic E-state index is 0.112. The highest BCUT2D eigenvalue weighted by Gasteiger charge is 2.17. The Morgan fingerprint density at radius 3 is 2.71 bits per heavy atom. The standard InChI is InChI=1S/C17H14ClN3/c1-12(13-5-3-2-4-6-13)21-16-8-7-14(18)11-15(16)20-17(21)9-10-19/h2-8,11-12H,9H2,1H3. The fourth-order valence-electron chi connectivity index (χ4n) is 2.63. The third-order valence-electron chi connectivity index (χ3n) is 3.63. The van der Waals surface area contributed by atoms with E-state index >= 15 is 0 Å². The predicted molar refractivity (Wildman–Crippen MR) is 84.3 cm³/mol. The summed E-state index contributed by atoms with van der Waals surface area (Å²) < 4.78 is 2.12. The Bertz CT molecular complexity index is 815. The summed E-state index contributed by atoms with van der Waals surface area (Å²) in [6.45, 7) is 2.12. The Labute approximate surface area is 128 Å². The first-order valence-corrected chi connectivity index (χ1v) is 7.17. The maximum absolute atomic E-state index is 9.05. The van der Waals surface area contributed by atoms with E-state index in [1.807, 2.05) is 36.4 Å². The Kier molecular flexibility index (Phi) is 3.64. The van der Waals surface area contributed by atoms with Crippen LogP contribution in [0.25, 0.3) is 11.0 Å². The molecule has 1 unspecified atom stereocenters. The normalized spacial score (nSPS) is 12.2. The van der Waals surface area contributed by atoms with Gasteiger partial charge in [-0.25, -0.2) is 4.98 Å². The smallest absolute Gasteiger partial charge is 0.124 e. The molecule has 0 spiro atoms. The zero-order valence-electron chi connectivity index (χ0n) is 11.6. The topological polar surface area (TPSA) is 41.6 Å². The average Bonchev–Trinajstić information content (AvgIpc) is 2.85. The maximum Gasteiger partial charge on any atom is 0.124 e. The Morgan fingerprint density at radius 1 is 1.24 bits per heavy atom. The van der Waals surface area contributed by atoms with Gasteiger partial charge in [-0.15, -0.1) is 0 Å². The summed E-state index contributed by atoms with van der Waals surface area (Å²) in [6.07, 6.45) is 0.281. The average molecular weight is 296 g/mol. The first kappa shape index (κ1) is 13.7. The number of rotatable bonds is 3. The van der Waals surface area contributed by atoms with Crippen LogP contribution in [0.5, 0.6) is 0 Å². The number of halogens is 1. The van der Waals surface area contributed by atoms with Crippen LogP contribution in [-0.2, 0) is 6.42 Å². The number of fused-ring (bicyclic) bond motifs is 1. The van der Waals surface area contributed by atoms with Gasteiger partial charge < -0.3 is 4.57 Å². The van der Waals surface area contributed by atoms with Crippen LogP contribution in [-0.4, -0.2) is 9.55 Å². The zero-order valence-corrected chi connectivity index (χ0v) is 12.4. The minimum Gasteiger partial charge on any atom is -0.320 e. The van der Waals surface area contributed by atoms with Crippen molar-refractivity contribution in [2.24, 2.45) is 0 Å². The molecule has 0 N–H and O–H groups in total. The molecule has 1 heterocycles. The van der Waals surface area contributed by atoms with E-state index in [9.17, 15) is 0 Å². The Morgan fingerprint density at radius 2 is 2.00 bits per heavy atom. The number of aromatic nitrogens is 2. The number of hydrogen-bond donors (Lipinski definition) is 0. The van der Waals surface area contributed by atoms with E-state index in [4.69, 9.17) is 16.9 Å². The van der Waals surface area contributed by atoms with Crippen LogP contribution in [0.15, 0.2) is 48.5 Å². The van der Waals surface area contributed by atoms with Gasteiger partial charge in [0, 0.05) is 5.02 Å². The first-order chi connectivity index (χ1) is 10.2. The van der Waals surface area contributed by atoms with Crippen LogP contribution >= 0.6 is 11.6 Å². The van der Waals surface area contributed by atoms with Gasteiger partial charge in [0.2, 0.25) is 0 Å². The van der Waals surface area contributed by atoms with Crippen molar-refractivity contribution in [2.75, 3.05) is 0 Å². The molecule has 0 saturated heterocycles. The lowest BCUT2D eigenvalue weighted by atomic mass is 10.1. The third-order valence-corrected chi connectivity index (χ3v) is 3.87. The van der Waals surface area contributed by atoms with Gasteiger partial charge in [0.05, 0.1) is 29.6 Å². The van der Waals surface area contributed by atoms with Gasteiger partial charge in [0.1, 0.15) is 5.82 Å². The third kappa shape index (κ3) is 2.51. The highest BCUT2D eigenvalue weighted by Crippen LogP contribution is 2.27. The van der Waals surface area contributed by atoms with Gasteiger partial charge in [0.25, 0.3) is 0 Å². The lowest BCUT2D eigenvalue weighted by Gasteiger charge is -2.17. The first-order valence-electron chi connectivity index (χ1n) is 6.79. The van der Waals surface area contributed by atoms with E-state index in [2.05, 4.69) is 34.7 Å². The Balaban J connectivity index is 2.20. The van der Waals surface area contributed by atoms with Crippen LogP contribution in [0.2, 0.25) is 5.02 Å². The maximum atomic E-state index is 9.05. The number of nitrogens with zero attached hydrogens (tertiary/aromatic N) is 3. The van der Waals surface area contributed by atoms with E-state index in [0.717, 1.165) is 16.9 Å².